The Morgan fingerprint density at radius 1 is 1.02 bits per heavy atom. The Kier molecular flexibility index (Phi) is 15.0. The van der Waals surface area contributed by atoms with E-state index in [1.165, 1.54) is 20.8 Å². The molecule has 5 rings (SSSR count). The molecule has 0 aliphatic carbocycles. The average Bonchev–Trinajstić information content (AvgIpc) is 3.61. The van der Waals surface area contributed by atoms with Crippen molar-refractivity contribution in [3.05, 3.63) is 54.2 Å². The smallest absolute Gasteiger partial charge is 0.458 e. The molecule has 13 atom stereocenters. The van der Waals surface area contributed by atoms with E-state index in [1.54, 1.807) is 45.2 Å². The van der Waals surface area contributed by atoms with Gasteiger partial charge in [-0.1, -0.05) is 58.0 Å². The summed E-state index contributed by atoms with van der Waals surface area (Å²) in [5, 5.41) is 22.3. The highest BCUT2D eigenvalue weighted by atomic mass is 16.8. The number of aromatic nitrogens is 2. The lowest BCUT2D eigenvalue weighted by Gasteiger charge is -2.46. The molecule has 0 saturated carbocycles. The number of Topliss-reactive ketones (excluding diaryl/α,β-unsaturated/α-hetero) is 2. The molecule has 1 aromatic carbocycles. The molecule has 16 heteroatoms. The topological polar surface area (TPSA) is 202 Å². The van der Waals surface area contributed by atoms with Crippen LogP contribution >= 0.6 is 0 Å². The predicted octanol–water partition coefficient (Wildman–Crippen LogP) is 4.77. The Morgan fingerprint density at radius 3 is 2.37 bits per heavy atom. The first kappa shape index (κ1) is 45.3. The molecule has 1 amide bonds. The summed E-state index contributed by atoms with van der Waals surface area (Å²) in [4.78, 5) is 70.3. The van der Waals surface area contributed by atoms with Gasteiger partial charge in [-0.25, -0.2) is 9.59 Å². The van der Waals surface area contributed by atoms with Crippen LogP contribution in [0.1, 0.15) is 73.3 Å². The minimum Gasteiger partial charge on any atom is -0.458 e. The number of hydrogen-bond acceptors (Lipinski definition) is 15. The van der Waals surface area contributed by atoms with Gasteiger partial charge >= 0.3 is 18.2 Å². The third-order valence-corrected chi connectivity index (χ3v) is 11.6. The van der Waals surface area contributed by atoms with Crippen molar-refractivity contribution < 1.29 is 57.5 Å². The van der Waals surface area contributed by atoms with Gasteiger partial charge in [0.05, 0.1) is 17.8 Å². The molecule has 322 valence electrons. The van der Waals surface area contributed by atoms with Crippen LogP contribution in [0.4, 0.5) is 9.59 Å². The van der Waals surface area contributed by atoms with Crippen LogP contribution in [0.5, 0.6) is 0 Å². The van der Waals surface area contributed by atoms with Gasteiger partial charge in [0.15, 0.2) is 18.2 Å². The lowest BCUT2D eigenvalue weighted by Crippen LogP contribution is -2.60. The van der Waals surface area contributed by atoms with E-state index in [2.05, 4.69) is 15.5 Å². The van der Waals surface area contributed by atoms with Crippen LogP contribution in [-0.2, 0) is 42.8 Å². The first-order valence-electron chi connectivity index (χ1n) is 20.2. The van der Waals surface area contributed by atoms with Crippen LogP contribution in [0, 0.1) is 23.7 Å². The second-order valence-electron chi connectivity index (χ2n) is 16.4. The summed E-state index contributed by atoms with van der Waals surface area (Å²) >= 11 is 0. The molecule has 3 aliphatic heterocycles. The molecular formula is C43H58N4O12. The third kappa shape index (κ3) is 10.7. The normalized spacial score (nSPS) is 34.7. The summed E-state index contributed by atoms with van der Waals surface area (Å²) in [7, 11) is 3.63. The number of benzene rings is 1. The van der Waals surface area contributed by atoms with Gasteiger partial charge < -0.3 is 43.7 Å². The van der Waals surface area contributed by atoms with Crippen molar-refractivity contribution in [2.75, 3.05) is 20.7 Å². The molecule has 2 aromatic rings. The fourth-order valence-electron chi connectivity index (χ4n) is 8.34. The molecule has 4 heterocycles. The molecule has 2 unspecified atom stereocenters. The van der Waals surface area contributed by atoms with Crippen molar-refractivity contribution in [2.24, 2.45) is 23.7 Å². The van der Waals surface area contributed by atoms with Gasteiger partial charge in [0.1, 0.15) is 42.2 Å². The molecule has 0 radical (unpaired) electrons. The van der Waals surface area contributed by atoms with E-state index >= 15 is 0 Å². The highest BCUT2D eigenvalue weighted by molar-refractivity contribution is 6.00. The fourth-order valence-corrected chi connectivity index (χ4v) is 8.34. The maximum absolute atomic E-state index is 14.3. The van der Waals surface area contributed by atoms with Crippen molar-refractivity contribution in [2.45, 2.75) is 122 Å². The molecule has 16 nitrogen and oxygen atoms in total. The quantitative estimate of drug-likeness (QED) is 0.199. The van der Waals surface area contributed by atoms with Crippen molar-refractivity contribution in [3.8, 4) is 11.3 Å². The zero-order valence-electron chi connectivity index (χ0n) is 35.2. The number of rotatable bonds is 9. The molecule has 3 fully saturated rings. The van der Waals surface area contributed by atoms with Crippen molar-refractivity contribution in [1.29, 1.82) is 0 Å². The summed E-state index contributed by atoms with van der Waals surface area (Å²) in [5.41, 5.74) is 0.639. The fraction of sp³-hybridized carbons (Fsp3) is 0.605. The van der Waals surface area contributed by atoms with Gasteiger partial charge in [0.25, 0.3) is 0 Å². The van der Waals surface area contributed by atoms with Gasteiger partial charge in [-0.3, -0.25) is 14.4 Å². The lowest BCUT2D eigenvalue weighted by atomic mass is 9.75. The number of ether oxygens (including phenoxy) is 6. The van der Waals surface area contributed by atoms with Crippen molar-refractivity contribution in [1.82, 2.24) is 20.4 Å². The number of carbonyl (C=O) groups excluding carboxylic acids is 5. The van der Waals surface area contributed by atoms with Crippen LogP contribution in [0.25, 0.3) is 17.3 Å². The van der Waals surface area contributed by atoms with E-state index in [0.29, 0.717) is 6.42 Å². The number of carbonyl (C=O) groups is 5. The molecule has 3 aliphatic rings. The Hall–Kier alpha value is -4.77. The van der Waals surface area contributed by atoms with E-state index in [1.807, 2.05) is 56.3 Å². The summed E-state index contributed by atoms with van der Waals surface area (Å²) in [6.45, 7) is 11.1. The minimum atomic E-state index is -1.80. The van der Waals surface area contributed by atoms with Crippen LogP contribution in [0.15, 0.2) is 48.7 Å². The Morgan fingerprint density at radius 2 is 1.73 bits per heavy atom. The Labute approximate surface area is 345 Å². The van der Waals surface area contributed by atoms with E-state index in [0.717, 1.165) is 16.8 Å². The highest BCUT2D eigenvalue weighted by Crippen LogP contribution is 2.38. The highest BCUT2D eigenvalue weighted by Gasteiger charge is 2.53. The number of cyclic esters (lactones) is 1. The molecule has 3 saturated heterocycles. The van der Waals surface area contributed by atoms with Gasteiger partial charge in [0, 0.05) is 35.6 Å². The van der Waals surface area contributed by atoms with E-state index < -0.39 is 96.1 Å². The van der Waals surface area contributed by atoms with Crippen LogP contribution < -0.4 is 5.32 Å². The summed E-state index contributed by atoms with van der Waals surface area (Å²) < 4.78 is 35.7. The van der Waals surface area contributed by atoms with E-state index in [-0.39, 0.29) is 31.3 Å². The number of hydrogen-bond donors (Lipinski definition) is 2. The Balaban J connectivity index is 1.46. The van der Waals surface area contributed by atoms with E-state index in [9.17, 15) is 29.1 Å². The largest absolute Gasteiger partial charge is 0.509 e. The number of aliphatic hydroxyl groups excluding tert-OH is 1. The van der Waals surface area contributed by atoms with Gasteiger partial charge in [-0.2, -0.15) is 10.2 Å². The molecule has 0 bridgehead atoms. The number of fused-ring (bicyclic) bond motifs is 1. The summed E-state index contributed by atoms with van der Waals surface area (Å²) in [6, 6.07) is 9.94. The minimum absolute atomic E-state index is 0.181. The first-order valence-corrected chi connectivity index (χ1v) is 20.2. The lowest BCUT2D eigenvalue weighted by molar-refractivity contribution is -0.293. The molecule has 0 spiro atoms. The maximum Gasteiger partial charge on any atom is 0.509 e. The maximum atomic E-state index is 14.3. The summed E-state index contributed by atoms with van der Waals surface area (Å²) in [6.07, 6.45) is -2.54. The van der Waals surface area contributed by atoms with Gasteiger partial charge in [0.2, 0.25) is 0 Å². The molecule has 1 aromatic heterocycles. The second kappa shape index (κ2) is 19.5. The predicted molar refractivity (Wildman–Crippen MR) is 213 cm³/mol. The van der Waals surface area contributed by atoms with Gasteiger partial charge in [-0.05, 0) is 77.9 Å². The first-order chi connectivity index (χ1) is 27.9. The number of likely N-dealkylation sites (N-methyl/N-ethyl adjacent to an activating group) is 1. The number of esters is 1. The Bertz CT molecular complexity index is 1830. The monoisotopic (exact) mass is 822 g/mol. The second-order valence-corrected chi connectivity index (χ2v) is 16.4. The number of nitrogens with one attached hydrogen (secondary N) is 1. The average molecular weight is 823 g/mol. The zero-order chi connectivity index (χ0) is 43.2. The van der Waals surface area contributed by atoms with Crippen molar-refractivity contribution >= 4 is 35.9 Å². The zero-order valence-corrected chi connectivity index (χ0v) is 35.2. The SMILES string of the molecule is CC[C@H]1OC(=O)[C@H](C)C(=O)[C@H](C)C(OC2O[C@H](C)C[C@H](N(C)C)[C@H]2O)[C@](C)(OC(=O)OC/C=C/c2ccc(-c3cccnn3)cc2)C[C@@H](C)C(=O)[C@H](C)[C@@H]2NC(=O)O[C@@H]21. The number of amides is 1. The van der Waals surface area contributed by atoms with Crippen LogP contribution in [0.3, 0.4) is 0 Å². The summed E-state index contributed by atoms with van der Waals surface area (Å²) in [5.74, 6) is -6.02. The third-order valence-electron chi connectivity index (χ3n) is 11.6. The standard InChI is InChI=1S/C43H58N4O12/c1-10-32-37-33(45-41(52)57-37)25(4)34(48)23(2)22-43(7,59-42(53)54-20-12-13-28-15-17-29(18-16-28)30-14-11-19-44-46-30)38(26(5)35(49)27(6)39(51)56-32)58-40-36(50)31(47(8)9)21-24(3)55-40/h11-19,23-27,31-33,36-38,40,50H,10,20-22H2,1-9H3,(H,45,52)/b13-12+/t23-,24-,25-,26+,27-,31+,32-,33+,36-,37-,38?,40?,43-/m1/s1. The van der Waals surface area contributed by atoms with E-state index in [4.69, 9.17) is 28.4 Å². The number of ketones is 2. The molecule has 2 N–H and O–H groups in total. The van der Waals surface area contributed by atoms with Crippen molar-refractivity contribution in [3.63, 3.8) is 0 Å². The molecule has 59 heavy (non-hydrogen) atoms. The number of alkyl carbamates (subject to hydrolysis) is 1. The number of aliphatic hydroxyl groups is 1. The van der Waals surface area contributed by atoms with Crippen LogP contribution in [-0.4, -0.2) is 125 Å². The number of nitrogens with zero attached hydrogens (tertiary/aromatic N) is 3. The molecular weight excluding hydrogens is 764 g/mol. The van der Waals surface area contributed by atoms with Crippen LogP contribution in [0.2, 0.25) is 0 Å². The van der Waals surface area contributed by atoms with Gasteiger partial charge in [-0.15, -0.1) is 0 Å².